The molecule has 160 valence electrons. The largest absolute Gasteiger partial charge is 0.452 e. The van der Waals surface area contributed by atoms with Gasteiger partial charge in [-0.15, -0.1) is 0 Å². The first-order chi connectivity index (χ1) is 13.7. The number of nitrogens with zero attached hydrogens (tertiary/aromatic N) is 3. The molecular weight excluding hydrogens is 411 g/mol. The molecule has 4 heterocycles. The summed E-state index contributed by atoms with van der Waals surface area (Å²) in [6.07, 6.45) is 0.458. The van der Waals surface area contributed by atoms with Crippen LogP contribution in [-0.2, 0) is 16.2 Å². The Balaban J connectivity index is 1.44. The Morgan fingerprint density at radius 1 is 1.03 bits per heavy atom. The third-order valence-corrected chi connectivity index (χ3v) is 7.32. The Morgan fingerprint density at radius 2 is 1.72 bits per heavy atom. The van der Waals surface area contributed by atoms with Crippen molar-refractivity contribution in [2.45, 2.75) is 49.4 Å². The van der Waals surface area contributed by atoms with Gasteiger partial charge in [-0.2, -0.15) is 17.5 Å². The molecule has 2 saturated heterocycles. The zero-order chi connectivity index (χ0) is 20.6. The van der Waals surface area contributed by atoms with Gasteiger partial charge in [-0.05, 0) is 50.9 Å². The molecule has 7 nitrogen and oxygen atoms in total. The van der Waals surface area contributed by atoms with Crippen LogP contribution in [0, 0.1) is 0 Å². The highest BCUT2D eigenvalue weighted by molar-refractivity contribution is 7.89. The van der Waals surface area contributed by atoms with Crippen LogP contribution >= 0.6 is 0 Å². The lowest BCUT2D eigenvalue weighted by Crippen LogP contribution is -2.48. The number of piperidine rings is 2. The van der Waals surface area contributed by atoms with Gasteiger partial charge in [-0.25, -0.2) is 8.42 Å². The molecule has 0 amide bonds. The van der Waals surface area contributed by atoms with Gasteiger partial charge in [0.15, 0.2) is 5.76 Å². The summed E-state index contributed by atoms with van der Waals surface area (Å²) in [7, 11) is -3.86. The number of rotatable bonds is 4. The summed E-state index contributed by atoms with van der Waals surface area (Å²) >= 11 is 0. The van der Waals surface area contributed by atoms with E-state index in [1.807, 2.05) is 0 Å². The summed E-state index contributed by atoms with van der Waals surface area (Å²) in [6.45, 7) is 2.91. The normalized spacial score (nSPS) is 20.9. The molecule has 0 N–H and O–H groups in total. The maximum Gasteiger partial charge on any atom is 0.452 e. The molecule has 0 spiro atoms. The van der Waals surface area contributed by atoms with Gasteiger partial charge < -0.3 is 13.8 Å². The maximum atomic E-state index is 12.9. The number of likely N-dealkylation sites (tertiary alicyclic amines) is 1. The van der Waals surface area contributed by atoms with Crippen molar-refractivity contribution in [3.8, 4) is 11.5 Å². The average molecular weight is 433 g/mol. The van der Waals surface area contributed by atoms with E-state index in [1.165, 1.54) is 35.7 Å². The number of aromatic nitrogens is 1. The van der Waals surface area contributed by atoms with Crippen LogP contribution in [0.1, 0.15) is 37.9 Å². The van der Waals surface area contributed by atoms with Gasteiger partial charge in [-0.1, -0.05) is 11.6 Å². The molecule has 29 heavy (non-hydrogen) atoms. The lowest BCUT2D eigenvalue weighted by molar-refractivity contribution is -0.155. The predicted molar refractivity (Wildman–Crippen MR) is 96.4 cm³/mol. The van der Waals surface area contributed by atoms with E-state index in [0.717, 1.165) is 25.9 Å². The van der Waals surface area contributed by atoms with E-state index in [2.05, 4.69) is 14.6 Å². The number of halogens is 3. The van der Waals surface area contributed by atoms with Gasteiger partial charge in [0.1, 0.15) is 5.69 Å². The Morgan fingerprint density at radius 3 is 2.34 bits per heavy atom. The minimum absolute atomic E-state index is 0.0916. The number of alkyl halides is 3. The monoisotopic (exact) mass is 433 g/mol. The number of furan rings is 1. The van der Waals surface area contributed by atoms with Crippen LogP contribution in [0.25, 0.3) is 11.5 Å². The number of hydrogen-bond acceptors (Lipinski definition) is 6. The van der Waals surface area contributed by atoms with E-state index in [-0.39, 0.29) is 16.5 Å². The molecule has 2 aromatic rings. The Kier molecular flexibility index (Phi) is 5.47. The van der Waals surface area contributed by atoms with E-state index >= 15 is 0 Å². The summed E-state index contributed by atoms with van der Waals surface area (Å²) in [4.78, 5) is 2.45. The maximum absolute atomic E-state index is 12.9. The molecule has 0 unspecified atom stereocenters. The molecule has 11 heteroatoms. The van der Waals surface area contributed by atoms with E-state index in [4.69, 9.17) is 4.42 Å². The fourth-order valence-corrected chi connectivity index (χ4v) is 5.36. The van der Waals surface area contributed by atoms with E-state index < -0.39 is 22.0 Å². The van der Waals surface area contributed by atoms with Crippen molar-refractivity contribution < 1.29 is 30.5 Å². The summed E-state index contributed by atoms with van der Waals surface area (Å²) in [5.74, 6) is -1.36. The number of sulfonamides is 1. The summed E-state index contributed by atoms with van der Waals surface area (Å²) < 4.78 is 74.7. The van der Waals surface area contributed by atoms with Crippen molar-refractivity contribution in [1.82, 2.24) is 14.4 Å². The quantitative estimate of drug-likeness (QED) is 0.733. The van der Waals surface area contributed by atoms with Gasteiger partial charge in [0.05, 0.1) is 0 Å². The Labute approximate surface area is 166 Å². The predicted octanol–water partition coefficient (Wildman–Crippen LogP) is 3.59. The van der Waals surface area contributed by atoms with Crippen LogP contribution in [0.15, 0.2) is 32.2 Å². The zero-order valence-electron chi connectivity index (χ0n) is 15.7. The van der Waals surface area contributed by atoms with Crippen LogP contribution in [0.5, 0.6) is 0 Å². The van der Waals surface area contributed by atoms with Gasteiger partial charge in [0, 0.05) is 25.2 Å². The van der Waals surface area contributed by atoms with Gasteiger partial charge >= 0.3 is 6.18 Å². The van der Waals surface area contributed by atoms with E-state index in [0.29, 0.717) is 25.2 Å². The molecule has 2 aliphatic heterocycles. The average Bonchev–Trinajstić information content (AvgIpc) is 3.38. The summed E-state index contributed by atoms with van der Waals surface area (Å²) in [5.41, 5.74) is -0.206. The van der Waals surface area contributed by atoms with Crippen molar-refractivity contribution in [3.63, 3.8) is 0 Å². The lowest BCUT2D eigenvalue weighted by Gasteiger charge is -2.39. The van der Waals surface area contributed by atoms with Crippen molar-refractivity contribution in [1.29, 1.82) is 0 Å². The Hall–Kier alpha value is -1.85. The molecule has 0 aliphatic carbocycles. The first kappa shape index (κ1) is 20.4. The highest BCUT2D eigenvalue weighted by Crippen LogP contribution is 2.34. The third kappa shape index (κ3) is 4.22. The van der Waals surface area contributed by atoms with Crippen molar-refractivity contribution in [2.75, 3.05) is 26.2 Å². The van der Waals surface area contributed by atoms with Gasteiger partial charge in [0.25, 0.3) is 10.0 Å². The molecule has 4 rings (SSSR count). The molecule has 0 radical (unpaired) electrons. The van der Waals surface area contributed by atoms with Crippen molar-refractivity contribution in [3.05, 3.63) is 24.0 Å². The minimum Gasteiger partial charge on any atom is -0.441 e. The number of hydrogen-bond donors (Lipinski definition) is 0. The van der Waals surface area contributed by atoms with Crippen LogP contribution in [0.2, 0.25) is 0 Å². The molecular formula is C18H22F3N3O4S. The second-order valence-electron chi connectivity index (χ2n) is 7.42. The highest BCUT2D eigenvalue weighted by Gasteiger charge is 2.37. The van der Waals surface area contributed by atoms with Gasteiger partial charge in [0.2, 0.25) is 10.9 Å². The second kappa shape index (κ2) is 7.77. The first-order valence-corrected chi connectivity index (χ1v) is 11.1. The summed E-state index contributed by atoms with van der Waals surface area (Å²) in [6, 6.07) is 3.60. The molecule has 0 saturated carbocycles. The Bertz CT molecular complexity index is 940. The molecule has 0 bridgehead atoms. The van der Waals surface area contributed by atoms with Crippen molar-refractivity contribution in [2.24, 2.45) is 0 Å². The topological polar surface area (TPSA) is 79.8 Å². The third-order valence-electron chi connectivity index (χ3n) is 5.55. The zero-order valence-corrected chi connectivity index (χ0v) is 16.5. The minimum atomic E-state index is -4.68. The smallest absolute Gasteiger partial charge is 0.441 e. The molecule has 0 aromatic carbocycles. The first-order valence-electron chi connectivity index (χ1n) is 9.63. The SMILES string of the molecule is O=S(=O)(c1ccc(-c2cc(C(F)(F)F)on2)o1)N1CCC(N2CCCCC2)CC1. The van der Waals surface area contributed by atoms with Crippen LogP contribution in [0.4, 0.5) is 13.2 Å². The molecule has 2 aromatic heterocycles. The fraction of sp³-hybridized carbons (Fsp3) is 0.611. The van der Waals surface area contributed by atoms with Crippen molar-refractivity contribution >= 4 is 10.0 Å². The second-order valence-corrected chi connectivity index (χ2v) is 9.29. The van der Waals surface area contributed by atoms with Crippen LogP contribution in [0.3, 0.4) is 0 Å². The van der Waals surface area contributed by atoms with Gasteiger partial charge in [-0.3, -0.25) is 0 Å². The van der Waals surface area contributed by atoms with E-state index in [1.54, 1.807) is 0 Å². The molecule has 0 atom stereocenters. The lowest BCUT2D eigenvalue weighted by atomic mass is 10.0. The van der Waals surface area contributed by atoms with Crippen LogP contribution in [-0.4, -0.2) is 55.0 Å². The molecule has 2 aliphatic rings. The van der Waals surface area contributed by atoms with E-state index in [9.17, 15) is 21.6 Å². The fourth-order valence-electron chi connectivity index (χ4n) is 3.98. The molecule has 2 fully saturated rings. The summed E-state index contributed by atoms with van der Waals surface area (Å²) in [5, 5.41) is 3.01. The van der Waals surface area contributed by atoms with Crippen LogP contribution < -0.4 is 0 Å². The standard InChI is InChI=1S/C18H22F3N3O4S/c19-18(20,21)16-12-14(22-28-16)15-4-5-17(27-15)29(25,26)24-10-6-13(7-11-24)23-8-2-1-3-9-23/h4-5,12-13H,1-3,6-11H2. The highest BCUT2D eigenvalue weighted by atomic mass is 32.2.